The summed E-state index contributed by atoms with van der Waals surface area (Å²) in [4.78, 5) is 1.78. The first-order valence-corrected chi connectivity index (χ1v) is 6.60. The second kappa shape index (κ2) is 5.95. The van der Waals surface area contributed by atoms with Gasteiger partial charge in [-0.2, -0.15) is 0 Å². The Morgan fingerprint density at radius 1 is 1.28 bits per heavy atom. The molecule has 1 aromatic rings. The smallest absolute Gasteiger partial charge is 0.258 e. The Morgan fingerprint density at radius 3 is 2.50 bits per heavy atom. The van der Waals surface area contributed by atoms with Gasteiger partial charge in [0.2, 0.25) is 0 Å². The molecule has 0 bridgehead atoms. The number of piperazine rings is 1. The van der Waals surface area contributed by atoms with E-state index in [9.17, 15) is 13.9 Å². The highest BCUT2D eigenvalue weighted by molar-refractivity contribution is 9.10. The van der Waals surface area contributed by atoms with Crippen molar-refractivity contribution in [1.29, 1.82) is 0 Å². The molecular formula is C12H15BrF2N2O. The molecular weight excluding hydrogens is 306 g/mol. The number of nitrogens with zero attached hydrogens (tertiary/aromatic N) is 1. The molecule has 100 valence electrons. The number of benzene rings is 1. The topological polar surface area (TPSA) is 35.5 Å². The number of hydrogen-bond acceptors (Lipinski definition) is 3. The van der Waals surface area contributed by atoms with Gasteiger partial charge in [-0.1, -0.05) is 6.07 Å². The molecule has 0 saturated carbocycles. The van der Waals surface area contributed by atoms with E-state index in [-0.39, 0.29) is 5.75 Å². The lowest BCUT2D eigenvalue weighted by atomic mass is 10.0. The van der Waals surface area contributed by atoms with Crippen LogP contribution in [0.5, 0.6) is 5.75 Å². The molecule has 18 heavy (non-hydrogen) atoms. The highest BCUT2D eigenvalue weighted by Gasteiger charge is 2.30. The molecule has 1 saturated heterocycles. The van der Waals surface area contributed by atoms with E-state index in [2.05, 4.69) is 21.2 Å². The van der Waals surface area contributed by atoms with Gasteiger partial charge in [0.25, 0.3) is 6.43 Å². The molecule has 1 aliphatic heterocycles. The second-order valence-electron chi connectivity index (χ2n) is 4.28. The van der Waals surface area contributed by atoms with Crippen molar-refractivity contribution < 1.29 is 13.9 Å². The molecule has 0 aromatic heterocycles. The third kappa shape index (κ3) is 2.99. The van der Waals surface area contributed by atoms with E-state index in [0.717, 1.165) is 13.1 Å². The molecule has 0 radical (unpaired) electrons. The number of rotatable bonds is 3. The van der Waals surface area contributed by atoms with Crippen LogP contribution in [0.1, 0.15) is 11.6 Å². The van der Waals surface area contributed by atoms with Gasteiger partial charge in [0.15, 0.2) is 0 Å². The van der Waals surface area contributed by atoms with E-state index in [1.165, 1.54) is 6.07 Å². The van der Waals surface area contributed by atoms with Gasteiger partial charge in [-0.3, -0.25) is 4.90 Å². The zero-order valence-corrected chi connectivity index (χ0v) is 11.3. The lowest BCUT2D eigenvalue weighted by Crippen LogP contribution is -2.46. The third-order valence-electron chi connectivity index (χ3n) is 3.10. The van der Waals surface area contributed by atoms with Gasteiger partial charge in [0.05, 0.1) is 10.5 Å². The van der Waals surface area contributed by atoms with Gasteiger partial charge in [-0.05, 0) is 33.6 Å². The van der Waals surface area contributed by atoms with Crippen molar-refractivity contribution in [3.8, 4) is 5.75 Å². The van der Waals surface area contributed by atoms with E-state index in [4.69, 9.17) is 0 Å². The first-order chi connectivity index (χ1) is 8.59. The number of hydrogen-bond donors (Lipinski definition) is 2. The van der Waals surface area contributed by atoms with E-state index in [1.807, 2.05) is 0 Å². The van der Waals surface area contributed by atoms with Crippen molar-refractivity contribution in [3.05, 3.63) is 28.2 Å². The van der Waals surface area contributed by atoms with Gasteiger partial charge in [0, 0.05) is 26.2 Å². The lowest BCUT2D eigenvalue weighted by Gasteiger charge is -2.34. The molecule has 0 spiro atoms. The summed E-state index contributed by atoms with van der Waals surface area (Å²) < 4.78 is 27.0. The maximum Gasteiger partial charge on any atom is 0.258 e. The van der Waals surface area contributed by atoms with Crippen LogP contribution in [0.25, 0.3) is 0 Å². The van der Waals surface area contributed by atoms with Crippen molar-refractivity contribution in [3.63, 3.8) is 0 Å². The molecule has 0 unspecified atom stereocenters. The Morgan fingerprint density at radius 2 is 1.94 bits per heavy atom. The summed E-state index contributed by atoms with van der Waals surface area (Å²) in [6, 6.07) is 3.65. The van der Waals surface area contributed by atoms with Gasteiger partial charge in [-0.25, -0.2) is 8.78 Å². The Labute approximate surface area is 113 Å². The SMILES string of the molecule is Oc1ccc([C@@H](C(F)F)N2CCNCC2)cc1Br. The molecule has 2 rings (SSSR count). The van der Waals surface area contributed by atoms with Gasteiger partial charge < -0.3 is 10.4 Å². The van der Waals surface area contributed by atoms with Gasteiger partial charge in [0.1, 0.15) is 5.75 Å². The zero-order chi connectivity index (χ0) is 13.1. The predicted molar refractivity (Wildman–Crippen MR) is 69.0 cm³/mol. The van der Waals surface area contributed by atoms with Gasteiger partial charge in [-0.15, -0.1) is 0 Å². The molecule has 1 fully saturated rings. The Kier molecular flexibility index (Phi) is 4.53. The van der Waals surface area contributed by atoms with E-state index < -0.39 is 12.5 Å². The lowest BCUT2D eigenvalue weighted by molar-refractivity contribution is 0.0181. The summed E-state index contributed by atoms with van der Waals surface area (Å²) in [6.45, 7) is 2.66. The van der Waals surface area contributed by atoms with E-state index >= 15 is 0 Å². The minimum atomic E-state index is -2.44. The van der Waals surface area contributed by atoms with Crippen molar-refractivity contribution in [2.24, 2.45) is 0 Å². The van der Waals surface area contributed by atoms with Crippen LogP contribution in [-0.4, -0.2) is 42.6 Å². The number of nitrogens with one attached hydrogen (secondary N) is 1. The van der Waals surface area contributed by atoms with Crippen LogP contribution in [0.3, 0.4) is 0 Å². The summed E-state index contributed by atoms with van der Waals surface area (Å²) >= 11 is 3.16. The molecule has 3 nitrogen and oxygen atoms in total. The van der Waals surface area contributed by atoms with Crippen molar-refractivity contribution in [1.82, 2.24) is 10.2 Å². The van der Waals surface area contributed by atoms with Crippen LogP contribution < -0.4 is 5.32 Å². The minimum absolute atomic E-state index is 0.0621. The van der Waals surface area contributed by atoms with Crippen LogP contribution in [0.4, 0.5) is 8.78 Å². The summed E-state index contributed by atoms with van der Waals surface area (Å²) in [5.41, 5.74) is 0.525. The maximum absolute atomic E-state index is 13.3. The van der Waals surface area contributed by atoms with Crippen LogP contribution in [-0.2, 0) is 0 Å². The van der Waals surface area contributed by atoms with Crippen molar-refractivity contribution in [2.45, 2.75) is 12.5 Å². The monoisotopic (exact) mass is 320 g/mol. The van der Waals surface area contributed by atoms with E-state index in [0.29, 0.717) is 23.1 Å². The average molecular weight is 321 g/mol. The molecule has 0 aliphatic carbocycles. The molecule has 1 aromatic carbocycles. The number of halogens is 3. The predicted octanol–water partition coefficient (Wildman–Crippen LogP) is 2.37. The Bertz CT molecular complexity index is 411. The van der Waals surface area contributed by atoms with Gasteiger partial charge >= 0.3 is 0 Å². The molecule has 1 atom stereocenters. The number of alkyl halides is 2. The first kappa shape index (κ1) is 13.7. The standard InChI is InChI=1S/C12H15BrF2N2O/c13-9-7-8(1-2-10(9)18)11(12(14)15)17-5-3-16-4-6-17/h1-2,7,11-12,16,18H,3-6H2/t11-/m0/s1. The first-order valence-electron chi connectivity index (χ1n) is 5.81. The summed E-state index contributed by atoms with van der Waals surface area (Å²) in [5.74, 6) is 0.0621. The third-order valence-corrected chi connectivity index (χ3v) is 3.73. The number of phenolic OH excluding ortho intramolecular Hbond substituents is 1. The minimum Gasteiger partial charge on any atom is -0.507 e. The number of aromatic hydroxyl groups is 1. The fourth-order valence-electron chi connectivity index (χ4n) is 2.18. The van der Waals surface area contributed by atoms with Crippen LogP contribution in [0.15, 0.2) is 22.7 Å². The molecule has 2 N–H and O–H groups in total. The zero-order valence-electron chi connectivity index (χ0n) is 9.74. The number of phenols is 1. The fraction of sp³-hybridized carbons (Fsp3) is 0.500. The Hall–Kier alpha value is -0.720. The highest BCUT2D eigenvalue weighted by Crippen LogP contribution is 2.32. The highest BCUT2D eigenvalue weighted by atomic mass is 79.9. The van der Waals surface area contributed by atoms with Crippen molar-refractivity contribution >= 4 is 15.9 Å². The van der Waals surface area contributed by atoms with Crippen LogP contribution in [0.2, 0.25) is 0 Å². The summed E-state index contributed by atoms with van der Waals surface area (Å²) in [7, 11) is 0. The van der Waals surface area contributed by atoms with Crippen LogP contribution in [0, 0.1) is 0 Å². The molecule has 1 heterocycles. The largest absolute Gasteiger partial charge is 0.507 e. The normalized spacial score (nSPS) is 19.1. The van der Waals surface area contributed by atoms with Crippen LogP contribution >= 0.6 is 15.9 Å². The molecule has 1 aliphatic rings. The quantitative estimate of drug-likeness (QED) is 0.897. The Balaban J connectivity index is 2.25. The average Bonchev–Trinajstić information content (AvgIpc) is 2.35. The van der Waals surface area contributed by atoms with E-state index in [1.54, 1.807) is 17.0 Å². The summed E-state index contributed by atoms with van der Waals surface area (Å²) in [5, 5.41) is 12.6. The maximum atomic E-state index is 13.3. The summed E-state index contributed by atoms with van der Waals surface area (Å²) in [6.07, 6.45) is -2.44. The fourth-order valence-corrected chi connectivity index (χ4v) is 2.58. The van der Waals surface area contributed by atoms with Crippen molar-refractivity contribution in [2.75, 3.05) is 26.2 Å². The molecule has 6 heteroatoms. The second-order valence-corrected chi connectivity index (χ2v) is 5.13. The molecule has 0 amide bonds.